The molecule has 0 aromatic heterocycles. The second kappa shape index (κ2) is 46.1. The number of ether oxygens (including phenoxy) is 3. The van der Waals surface area contributed by atoms with Gasteiger partial charge in [-0.25, -0.2) is 0 Å². The molecule has 6 heteroatoms. The van der Waals surface area contributed by atoms with Crippen LogP contribution in [0.1, 0.15) is 239 Å². The van der Waals surface area contributed by atoms with Gasteiger partial charge in [0.2, 0.25) is 0 Å². The highest BCUT2D eigenvalue weighted by molar-refractivity contribution is 5.71. The molecule has 1 unspecified atom stereocenters. The maximum atomic E-state index is 12.7. The van der Waals surface area contributed by atoms with E-state index in [2.05, 4.69) is 69.4 Å². The smallest absolute Gasteiger partial charge is 0.306 e. The topological polar surface area (TPSA) is 78.9 Å². The van der Waals surface area contributed by atoms with E-state index in [1.807, 2.05) is 0 Å². The first-order valence-electron chi connectivity index (χ1n) is 24.1. The van der Waals surface area contributed by atoms with E-state index < -0.39 is 6.10 Å². The van der Waals surface area contributed by atoms with Gasteiger partial charge in [-0.3, -0.25) is 14.4 Å². The summed E-state index contributed by atoms with van der Waals surface area (Å²) >= 11 is 0. The van der Waals surface area contributed by atoms with Crippen LogP contribution in [0.5, 0.6) is 0 Å². The quantitative estimate of drug-likeness (QED) is 0.0265. The van der Waals surface area contributed by atoms with Gasteiger partial charge in [-0.15, -0.1) is 0 Å². The maximum Gasteiger partial charge on any atom is 0.306 e. The molecule has 0 rings (SSSR count). The van der Waals surface area contributed by atoms with Gasteiger partial charge >= 0.3 is 17.9 Å². The molecule has 57 heavy (non-hydrogen) atoms. The van der Waals surface area contributed by atoms with Crippen LogP contribution in [0.4, 0.5) is 0 Å². The van der Waals surface area contributed by atoms with Crippen molar-refractivity contribution in [3.8, 4) is 0 Å². The molecule has 0 radical (unpaired) electrons. The molecule has 6 nitrogen and oxygen atoms in total. The zero-order valence-corrected chi connectivity index (χ0v) is 37.6. The van der Waals surface area contributed by atoms with Gasteiger partial charge < -0.3 is 14.2 Å². The number of hydrogen-bond donors (Lipinski definition) is 0. The third-order valence-electron chi connectivity index (χ3n) is 10.3. The number of rotatable bonds is 43. The highest BCUT2D eigenvalue weighted by Crippen LogP contribution is 2.13. The molecule has 0 aromatic carbocycles. The average molecular weight is 799 g/mol. The summed E-state index contributed by atoms with van der Waals surface area (Å²) in [5.74, 6) is -0.916. The van der Waals surface area contributed by atoms with E-state index in [1.54, 1.807) is 0 Å². The lowest BCUT2D eigenvalue weighted by atomic mass is 10.1. The molecule has 0 bridgehead atoms. The SMILES string of the molecule is CCCCCC/C=C\C/C=C\CCCCCCCCCC(=O)OCC(COC(=O)CCCCCCC)OC(=O)CCCCCCC/C=C\C/C=C\CCCCCC. The van der Waals surface area contributed by atoms with Crippen molar-refractivity contribution < 1.29 is 28.6 Å². The molecule has 0 aliphatic heterocycles. The number of carbonyl (C=O) groups excluding carboxylic acids is 3. The molecule has 0 saturated heterocycles. The standard InChI is InChI=1S/C51H90O6/c1-4-7-10-13-15-17-19-21-23-25-26-28-29-31-33-35-38-41-44-50(53)56-47-48(46-55-49(52)43-40-37-12-9-6-3)57-51(54)45-42-39-36-34-32-30-27-24-22-20-18-16-14-11-8-5-2/h17-20,23-25,27,48H,4-16,21-22,26,28-47H2,1-3H3/b19-17-,20-18-,25-23-,27-24-. The van der Waals surface area contributed by atoms with Gasteiger partial charge in [0.05, 0.1) is 0 Å². The van der Waals surface area contributed by atoms with E-state index in [0.29, 0.717) is 19.3 Å². The number of hydrogen-bond acceptors (Lipinski definition) is 6. The van der Waals surface area contributed by atoms with Gasteiger partial charge in [0.1, 0.15) is 13.2 Å². The van der Waals surface area contributed by atoms with Gasteiger partial charge in [0, 0.05) is 19.3 Å². The van der Waals surface area contributed by atoms with E-state index in [4.69, 9.17) is 14.2 Å². The average Bonchev–Trinajstić information content (AvgIpc) is 3.21. The van der Waals surface area contributed by atoms with Crippen molar-refractivity contribution in [2.75, 3.05) is 13.2 Å². The first-order chi connectivity index (χ1) is 28.0. The molecule has 0 fully saturated rings. The van der Waals surface area contributed by atoms with Crippen LogP contribution in [0, 0.1) is 0 Å². The van der Waals surface area contributed by atoms with Gasteiger partial charge in [-0.2, -0.15) is 0 Å². The summed E-state index contributed by atoms with van der Waals surface area (Å²) < 4.78 is 16.6. The van der Waals surface area contributed by atoms with Crippen LogP contribution in [-0.2, 0) is 28.6 Å². The Labute approximate surface area is 352 Å². The van der Waals surface area contributed by atoms with Crippen LogP contribution in [-0.4, -0.2) is 37.2 Å². The predicted molar refractivity (Wildman–Crippen MR) is 242 cm³/mol. The van der Waals surface area contributed by atoms with Crippen LogP contribution in [0.25, 0.3) is 0 Å². The lowest BCUT2D eigenvalue weighted by Gasteiger charge is -2.18. The highest BCUT2D eigenvalue weighted by Gasteiger charge is 2.19. The van der Waals surface area contributed by atoms with Gasteiger partial charge in [-0.1, -0.05) is 185 Å². The largest absolute Gasteiger partial charge is 0.462 e. The third kappa shape index (κ3) is 44.3. The van der Waals surface area contributed by atoms with Crippen LogP contribution in [0.2, 0.25) is 0 Å². The molecule has 1 atom stereocenters. The zero-order valence-electron chi connectivity index (χ0n) is 37.6. The van der Waals surface area contributed by atoms with Gasteiger partial charge in [-0.05, 0) is 83.5 Å². The fourth-order valence-electron chi connectivity index (χ4n) is 6.62. The number of unbranched alkanes of at least 4 members (excludes halogenated alkanes) is 24. The molecule has 330 valence electrons. The van der Waals surface area contributed by atoms with Gasteiger partial charge in [0.25, 0.3) is 0 Å². The summed E-state index contributed by atoms with van der Waals surface area (Å²) in [6, 6.07) is 0. The first kappa shape index (κ1) is 54.4. The van der Waals surface area contributed by atoms with Crippen molar-refractivity contribution in [1.82, 2.24) is 0 Å². The van der Waals surface area contributed by atoms with Gasteiger partial charge in [0.15, 0.2) is 6.10 Å². The summed E-state index contributed by atoms with van der Waals surface area (Å²) in [5, 5.41) is 0. The van der Waals surface area contributed by atoms with Crippen molar-refractivity contribution >= 4 is 17.9 Å². The minimum absolute atomic E-state index is 0.0822. The van der Waals surface area contributed by atoms with Crippen molar-refractivity contribution in [3.63, 3.8) is 0 Å². The van der Waals surface area contributed by atoms with Crippen LogP contribution in [0.3, 0.4) is 0 Å². The summed E-state index contributed by atoms with van der Waals surface area (Å²) in [7, 11) is 0. The lowest BCUT2D eigenvalue weighted by molar-refractivity contribution is -0.167. The second-order valence-electron chi connectivity index (χ2n) is 16.0. The Balaban J connectivity index is 4.23. The summed E-state index contributed by atoms with van der Waals surface area (Å²) in [6.07, 6.45) is 54.1. The number of allylic oxidation sites excluding steroid dienone is 8. The molecule has 0 amide bonds. The third-order valence-corrected chi connectivity index (χ3v) is 10.3. The molecule has 0 aliphatic carbocycles. The van der Waals surface area contributed by atoms with Crippen LogP contribution < -0.4 is 0 Å². The van der Waals surface area contributed by atoms with Crippen molar-refractivity contribution in [3.05, 3.63) is 48.6 Å². The molecule has 0 N–H and O–H groups in total. The fourth-order valence-corrected chi connectivity index (χ4v) is 6.62. The number of carbonyl (C=O) groups is 3. The number of esters is 3. The lowest BCUT2D eigenvalue weighted by Crippen LogP contribution is -2.30. The molecule has 0 heterocycles. The molecule has 0 aliphatic rings. The zero-order chi connectivity index (χ0) is 41.5. The Morgan fingerprint density at radius 2 is 0.632 bits per heavy atom. The van der Waals surface area contributed by atoms with Crippen molar-refractivity contribution in [2.24, 2.45) is 0 Å². The van der Waals surface area contributed by atoms with Crippen LogP contribution >= 0.6 is 0 Å². The highest BCUT2D eigenvalue weighted by atomic mass is 16.6. The summed E-state index contributed by atoms with van der Waals surface area (Å²) in [5.41, 5.74) is 0. The molecule has 0 saturated carbocycles. The van der Waals surface area contributed by atoms with E-state index in [-0.39, 0.29) is 31.1 Å². The van der Waals surface area contributed by atoms with E-state index in [1.165, 1.54) is 96.3 Å². The molecule has 0 aromatic rings. The Morgan fingerprint density at radius 1 is 0.351 bits per heavy atom. The first-order valence-corrected chi connectivity index (χ1v) is 24.1. The fraction of sp³-hybridized carbons (Fsp3) is 0.784. The maximum absolute atomic E-state index is 12.7. The monoisotopic (exact) mass is 799 g/mol. The summed E-state index contributed by atoms with van der Waals surface area (Å²) in [4.78, 5) is 37.6. The second-order valence-corrected chi connectivity index (χ2v) is 16.0. The molecular formula is C51H90O6. The van der Waals surface area contributed by atoms with E-state index in [0.717, 1.165) is 103 Å². The van der Waals surface area contributed by atoms with E-state index in [9.17, 15) is 14.4 Å². The Hall–Kier alpha value is -2.63. The molecule has 0 spiro atoms. The minimum Gasteiger partial charge on any atom is -0.462 e. The van der Waals surface area contributed by atoms with Crippen molar-refractivity contribution in [1.29, 1.82) is 0 Å². The Bertz CT molecular complexity index is 1010. The Morgan fingerprint density at radius 3 is 0.982 bits per heavy atom. The van der Waals surface area contributed by atoms with Crippen molar-refractivity contribution in [2.45, 2.75) is 245 Å². The Kier molecular flexibility index (Phi) is 43.9. The predicted octanol–water partition coefficient (Wildman–Crippen LogP) is 15.5. The van der Waals surface area contributed by atoms with E-state index >= 15 is 0 Å². The molecular weight excluding hydrogens is 709 g/mol. The summed E-state index contributed by atoms with van der Waals surface area (Å²) in [6.45, 7) is 6.50. The minimum atomic E-state index is -0.778. The normalized spacial score (nSPS) is 12.4. The van der Waals surface area contributed by atoms with Crippen LogP contribution in [0.15, 0.2) is 48.6 Å².